The third-order valence-corrected chi connectivity index (χ3v) is 6.89. The zero-order chi connectivity index (χ0) is 21.8. The number of esters is 2. The second-order valence-corrected chi connectivity index (χ2v) is 12.6. The molecule has 1 aliphatic heterocycles. The highest BCUT2D eigenvalue weighted by molar-refractivity contribution is 6.93. The summed E-state index contributed by atoms with van der Waals surface area (Å²) < 4.78 is 27.6. The van der Waals surface area contributed by atoms with E-state index < -0.39 is 39.3 Å². The Hall–Kier alpha value is -1.84. The summed E-state index contributed by atoms with van der Waals surface area (Å²) in [5.74, 6) is -0.370. The van der Waals surface area contributed by atoms with E-state index in [2.05, 4.69) is 18.8 Å². The SMILES string of the molecule is Cc1ccc([Si](C)(C)/C=C/CB2O[C@H](C(=O)OC(C)C)[C@@H](C(=O)OC(C)C)O2)o1. The molecule has 0 aromatic carbocycles. The van der Waals surface area contributed by atoms with Crippen LogP contribution in [0.3, 0.4) is 0 Å². The van der Waals surface area contributed by atoms with Gasteiger partial charge < -0.3 is 23.2 Å². The molecule has 0 unspecified atom stereocenters. The van der Waals surface area contributed by atoms with Crippen LogP contribution in [0.25, 0.3) is 0 Å². The number of aryl methyl sites for hydroxylation is 1. The van der Waals surface area contributed by atoms with E-state index in [1.165, 1.54) is 0 Å². The lowest BCUT2D eigenvalue weighted by molar-refractivity contribution is -0.167. The lowest BCUT2D eigenvalue weighted by Gasteiger charge is -2.18. The Morgan fingerprint density at radius 2 is 1.59 bits per heavy atom. The standard InChI is InChI=1S/C20H31BO7Si/c1-13(2)24-19(22)17-18(20(23)25-14(3)4)28-21(27-17)11-8-12-29(6,7)16-10-9-15(5)26-16/h8-10,12-14,17-18H,11H2,1-7H3/b12-8+/t17-,18-/m0/s1. The number of allylic oxidation sites excluding steroid dienone is 1. The van der Waals surface area contributed by atoms with Crippen LogP contribution in [0, 0.1) is 6.92 Å². The zero-order valence-corrected chi connectivity index (χ0v) is 19.3. The summed E-state index contributed by atoms with van der Waals surface area (Å²) in [6.45, 7) is 13.2. The van der Waals surface area contributed by atoms with E-state index >= 15 is 0 Å². The Morgan fingerprint density at radius 1 is 1.07 bits per heavy atom. The van der Waals surface area contributed by atoms with Crippen molar-refractivity contribution in [2.75, 3.05) is 0 Å². The van der Waals surface area contributed by atoms with Crippen molar-refractivity contribution < 1.29 is 32.8 Å². The molecular weight excluding hydrogens is 391 g/mol. The first-order valence-electron chi connectivity index (χ1n) is 9.96. The van der Waals surface area contributed by atoms with Gasteiger partial charge >= 0.3 is 19.1 Å². The van der Waals surface area contributed by atoms with E-state index in [9.17, 15) is 9.59 Å². The van der Waals surface area contributed by atoms with E-state index in [0.717, 1.165) is 11.1 Å². The monoisotopic (exact) mass is 422 g/mol. The largest absolute Gasteiger partial charge is 0.471 e. The topological polar surface area (TPSA) is 84.2 Å². The maximum Gasteiger partial charge on any atom is 0.462 e. The third kappa shape index (κ3) is 6.58. The summed E-state index contributed by atoms with van der Waals surface area (Å²) >= 11 is 0. The number of rotatable bonds is 8. The van der Waals surface area contributed by atoms with Crippen molar-refractivity contribution in [2.45, 2.75) is 78.4 Å². The van der Waals surface area contributed by atoms with Gasteiger partial charge in [0.25, 0.3) is 0 Å². The molecule has 7 nitrogen and oxygen atoms in total. The number of carbonyl (C=O) groups excluding carboxylic acids is 2. The fourth-order valence-electron chi connectivity index (χ4n) is 2.91. The molecule has 1 fully saturated rings. The van der Waals surface area contributed by atoms with Gasteiger partial charge in [0.1, 0.15) is 8.07 Å². The lowest BCUT2D eigenvalue weighted by atomic mass is 9.85. The number of furan rings is 1. The molecule has 2 heterocycles. The number of hydrogen-bond donors (Lipinski definition) is 0. The van der Waals surface area contributed by atoms with E-state index in [1.807, 2.05) is 25.1 Å². The molecule has 1 saturated heterocycles. The summed E-state index contributed by atoms with van der Waals surface area (Å²) in [4.78, 5) is 24.7. The molecule has 0 aliphatic carbocycles. The highest BCUT2D eigenvalue weighted by Gasteiger charge is 2.49. The summed E-state index contributed by atoms with van der Waals surface area (Å²) in [5, 5.41) is 0.983. The van der Waals surface area contributed by atoms with Crippen LogP contribution in [-0.4, -0.2) is 51.5 Å². The summed E-state index contributed by atoms with van der Waals surface area (Å²) in [6, 6.07) is 3.96. The fraction of sp³-hybridized carbons (Fsp3) is 0.600. The second kappa shape index (κ2) is 9.78. The Morgan fingerprint density at radius 3 is 2.00 bits per heavy atom. The first-order valence-corrected chi connectivity index (χ1v) is 13.0. The molecule has 29 heavy (non-hydrogen) atoms. The van der Waals surface area contributed by atoms with Crippen molar-refractivity contribution in [3.8, 4) is 0 Å². The van der Waals surface area contributed by atoms with Crippen LogP contribution in [0.1, 0.15) is 33.5 Å². The normalized spacial score (nSPS) is 20.1. The highest BCUT2D eigenvalue weighted by atomic mass is 28.3. The molecule has 0 amide bonds. The van der Waals surface area contributed by atoms with Crippen LogP contribution < -0.4 is 5.38 Å². The smallest absolute Gasteiger partial charge is 0.462 e. The molecule has 0 N–H and O–H groups in total. The molecule has 1 aromatic heterocycles. The van der Waals surface area contributed by atoms with Crippen LogP contribution in [0.2, 0.25) is 19.4 Å². The quantitative estimate of drug-likeness (QED) is 0.471. The molecule has 0 saturated carbocycles. The average Bonchev–Trinajstić information content (AvgIpc) is 3.20. The van der Waals surface area contributed by atoms with Gasteiger partial charge in [-0.2, -0.15) is 0 Å². The summed E-state index contributed by atoms with van der Waals surface area (Å²) in [6.07, 6.45) is -0.575. The minimum atomic E-state index is -1.89. The van der Waals surface area contributed by atoms with Crippen LogP contribution in [-0.2, 0) is 28.4 Å². The summed E-state index contributed by atoms with van der Waals surface area (Å²) in [7, 11) is -2.63. The molecule has 0 bridgehead atoms. The summed E-state index contributed by atoms with van der Waals surface area (Å²) in [5.41, 5.74) is 2.12. The minimum absolute atomic E-state index is 0.324. The van der Waals surface area contributed by atoms with Crippen molar-refractivity contribution in [3.63, 3.8) is 0 Å². The number of hydrogen-bond acceptors (Lipinski definition) is 7. The van der Waals surface area contributed by atoms with Gasteiger partial charge in [-0.25, -0.2) is 9.59 Å². The van der Waals surface area contributed by atoms with Gasteiger partial charge in [0.05, 0.1) is 23.4 Å². The molecular formula is C20H31BO7Si. The molecule has 1 aliphatic rings. The molecule has 0 spiro atoms. The van der Waals surface area contributed by atoms with Crippen molar-refractivity contribution in [2.24, 2.45) is 0 Å². The molecule has 9 heteroatoms. The molecule has 1 aromatic rings. The second-order valence-electron chi connectivity index (χ2n) is 8.28. The molecule has 2 atom stereocenters. The first kappa shape index (κ1) is 23.4. The van der Waals surface area contributed by atoms with Gasteiger partial charge in [-0.3, -0.25) is 0 Å². The molecule has 2 rings (SSSR count). The van der Waals surface area contributed by atoms with Gasteiger partial charge in [-0.15, -0.1) is 0 Å². The Bertz CT molecular complexity index is 711. The predicted molar refractivity (Wildman–Crippen MR) is 112 cm³/mol. The van der Waals surface area contributed by atoms with Crippen LogP contribution >= 0.6 is 0 Å². The molecule has 0 radical (unpaired) electrons. The van der Waals surface area contributed by atoms with Gasteiger partial charge in [0, 0.05) is 0 Å². The predicted octanol–water partition coefficient (Wildman–Crippen LogP) is 2.77. The maximum absolute atomic E-state index is 12.4. The van der Waals surface area contributed by atoms with Gasteiger partial charge in [0.2, 0.25) is 0 Å². The van der Waals surface area contributed by atoms with Crippen molar-refractivity contribution in [1.29, 1.82) is 0 Å². The Kier molecular flexibility index (Phi) is 7.90. The van der Waals surface area contributed by atoms with Crippen molar-refractivity contribution >= 4 is 32.5 Å². The maximum atomic E-state index is 12.4. The van der Waals surface area contributed by atoms with Crippen molar-refractivity contribution in [1.82, 2.24) is 0 Å². The van der Waals surface area contributed by atoms with Gasteiger partial charge in [-0.05, 0) is 53.1 Å². The van der Waals surface area contributed by atoms with Crippen LogP contribution in [0.15, 0.2) is 28.3 Å². The van der Waals surface area contributed by atoms with Gasteiger partial charge in [-0.1, -0.05) is 24.9 Å². The molecule has 160 valence electrons. The van der Waals surface area contributed by atoms with E-state index in [-0.39, 0.29) is 12.2 Å². The van der Waals surface area contributed by atoms with Crippen molar-refractivity contribution in [3.05, 3.63) is 29.7 Å². The van der Waals surface area contributed by atoms with Crippen LogP contribution in [0.5, 0.6) is 0 Å². The van der Waals surface area contributed by atoms with E-state index in [0.29, 0.717) is 6.32 Å². The number of carbonyl (C=O) groups is 2. The van der Waals surface area contributed by atoms with E-state index in [4.69, 9.17) is 23.2 Å². The van der Waals surface area contributed by atoms with E-state index in [1.54, 1.807) is 27.7 Å². The Labute approximate surface area is 173 Å². The van der Waals surface area contributed by atoms with Crippen LogP contribution in [0.4, 0.5) is 0 Å². The Balaban J connectivity index is 2.05. The minimum Gasteiger partial charge on any atom is -0.471 e. The number of ether oxygens (including phenoxy) is 2. The highest BCUT2D eigenvalue weighted by Crippen LogP contribution is 2.23. The third-order valence-electron chi connectivity index (χ3n) is 4.28. The zero-order valence-electron chi connectivity index (χ0n) is 18.3. The lowest BCUT2D eigenvalue weighted by Crippen LogP contribution is -2.40. The fourth-order valence-corrected chi connectivity index (χ4v) is 4.73. The first-order chi connectivity index (χ1) is 13.5. The van der Waals surface area contributed by atoms with Gasteiger partial charge in [0.15, 0.2) is 12.2 Å². The average molecular weight is 422 g/mol.